The summed E-state index contributed by atoms with van der Waals surface area (Å²) in [5, 5.41) is 0.622. The molecule has 0 amide bonds. The predicted molar refractivity (Wildman–Crippen MR) is 80.0 cm³/mol. The van der Waals surface area contributed by atoms with E-state index in [4.69, 9.17) is 27.9 Å². The minimum Gasteiger partial charge on any atom is -0.457 e. The molecule has 2 aromatic carbocycles. The monoisotopic (exact) mass is 344 g/mol. The summed E-state index contributed by atoms with van der Waals surface area (Å²) >= 11 is 15.4. The first-order chi connectivity index (χ1) is 8.61. The zero-order valence-corrected chi connectivity index (χ0v) is 12.8. The summed E-state index contributed by atoms with van der Waals surface area (Å²) < 4.78 is 6.90. The molecule has 0 aliphatic carbocycles. The Labute approximate surface area is 125 Å². The van der Waals surface area contributed by atoms with Crippen LogP contribution in [0.5, 0.6) is 11.5 Å². The van der Waals surface area contributed by atoms with Crippen molar-refractivity contribution < 1.29 is 4.74 Å². The smallest absolute Gasteiger partial charge is 0.133 e. The number of halogens is 3. The van der Waals surface area contributed by atoms with Crippen LogP contribution in [0.25, 0.3) is 0 Å². The Kier molecular flexibility index (Phi) is 4.55. The Morgan fingerprint density at radius 3 is 2.61 bits per heavy atom. The van der Waals surface area contributed by atoms with Crippen molar-refractivity contribution in [2.45, 2.75) is 12.8 Å². The molecule has 4 heteroatoms. The van der Waals surface area contributed by atoms with Crippen LogP contribution >= 0.6 is 39.1 Å². The van der Waals surface area contributed by atoms with Crippen molar-refractivity contribution in [3.05, 3.63) is 57.0 Å². The van der Waals surface area contributed by atoms with Gasteiger partial charge in [0.1, 0.15) is 11.5 Å². The zero-order chi connectivity index (χ0) is 13.1. The molecule has 0 unspecified atom stereocenters. The van der Waals surface area contributed by atoms with Crippen molar-refractivity contribution >= 4 is 39.1 Å². The van der Waals surface area contributed by atoms with Crippen LogP contribution in [0.1, 0.15) is 11.1 Å². The Morgan fingerprint density at radius 1 is 1.17 bits per heavy atom. The molecule has 2 aromatic rings. The minimum absolute atomic E-state index is 0.324. The van der Waals surface area contributed by atoms with Crippen molar-refractivity contribution in [1.29, 1.82) is 0 Å². The largest absolute Gasteiger partial charge is 0.457 e. The third-order valence-electron chi connectivity index (χ3n) is 2.57. The Balaban J connectivity index is 2.37. The lowest BCUT2D eigenvalue weighted by molar-refractivity contribution is 0.474. The molecule has 0 bridgehead atoms. The topological polar surface area (TPSA) is 9.23 Å². The van der Waals surface area contributed by atoms with E-state index in [-0.39, 0.29) is 0 Å². The lowest BCUT2D eigenvalue weighted by Crippen LogP contribution is -1.92. The molecule has 1 nitrogen and oxygen atoms in total. The second-order valence-electron chi connectivity index (χ2n) is 3.86. The van der Waals surface area contributed by atoms with Gasteiger partial charge in [0.25, 0.3) is 0 Å². The summed E-state index contributed by atoms with van der Waals surface area (Å²) in [6.07, 6.45) is 0. The SMILES string of the molecule is Cc1cc(Br)ccc1Oc1cccc(Cl)c1CCl. The molecule has 0 aromatic heterocycles. The lowest BCUT2D eigenvalue weighted by Gasteiger charge is -2.12. The van der Waals surface area contributed by atoms with E-state index < -0.39 is 0 Å². The van der Waals surface area contributed by atoms with Crippen LogP contribution in [0, 0.1) is 6.92 Å². The van der Waals surface area contributed by atoms with Gasteiger partial charge in [-0.1, -0.05) is 33.6 Å². The van der Waals surface area contributed by atoms with E-state index in [2.05, 4.69) is 15.9 Å². The van der Waals surface area contributed by atoms with Crippen LogP contribution in [-0.4, -0.2) is 0 Å². The van der Waals surface area contributed by atoms with E-state index >= 15 is 0 Å². The van der Waals surface area contributed by atoms with Gasteiger partial charge in [0.15, 0.2) is 0 Å². The highest BCUT2D eigenvalue weighted by molar-refractivity contribution is 9.10. The third-order valence-corrected chi connectivity index (χ3v) is 3.68. The summed E-state index contributed by atoms with van der Waals surface area (Å²) in [6, 6.07) is 11.4. The van der Waals surface area contributed by atoms with Crippen LogP contribution in [-0.2, 0) is 5.88 Å². The van der Waals surface area contributed by atoms with E-state index in [0.29, 0.717) is 16.7 Å². The fourth-order valence-corrected chi connectivity index (χ4v) is 2.66. The molecule has 0 spiro atoms. The van der Waals surface area contributed by atoms with Crippen molar-refractivity contribution in [2.75, 3.05) is 0 Å². The molecule has 0 aliphatic rings. The lowest BCUT2D eigenvalue weighted by atomic mass is 10.2. The molecule has 0 N–H and O–H groups in total. The molecule has 0 saturated heterocycles. The van der Waals surface area contributed by atoms with Gasteiger partial charge < -0.3 is 4.74 Å². The fraction of sp³-hybridized carbons (Fsp3) is 0.143. The number of aryl methyl sites for hydroxylation is 1. The number of hydrogen-bond donors (Lipinski definition) is 0. The maximum absolute atomic E-state index is 6.09. The summed E-state index contributed by atoms with van der Waals surface area (Å²) in [5.41, 5.74) is 1.85. The van der Waals surface area contributed by atoms with Gasteiger partial charge in [-0.05, 0) is 42.8 Å². The highest BCUT2D eigenvalue weighted by Crippen LogP contribution is 2.33. The molecule has 0 radical (unpaired) electrons. The quantitative estimate of drug-likeness (QED) is 0.625. The van der Waals surface area contributed by atoms with Crippen molar-refractivity contribution in [1.82, 2.24) is 0 Å². The third kappa shape index (κ3) is 3.00. The van der Waals surface area contributed by atoms with Crippen LogP contribution in [0.2, 0.25) is 5.02 Å². The molecule has 94 valence electrons. The van der Waals surface area contributed by atoms with E-state index in [1.54, 1.807) is 6.07 Å². The number of benzene rings is 2. The van der Waals surface area contributed by atoms with E-state index in [0.717, 1.165) is 21.3 Å². The summed E-state index contributed by atoms with van der Waals surface area (Å²) in [7, 11) is 0. The first-order valence-corrected chi connectivity index (χ1v) is 7.09. The van der Waals surface area contributed by atoms with E-state index in [9.17, 15) is 0 Å². The van der Waals surface area contributed by atoms with Gasteiger partial charge in [-0.3, -0.25) is 0 Å². The molecule has 0 aliphatic heterocycles. The molecular weight excluding hydrogens is 335 g/mol. The second-order valence-corrected chi connectivity index (χ2v) is 5.45. The van der Waals surface area contributed by atoms with Crippen LogP contribution in [0.3, 0.4) is 0 Å². The highest BCUT2D eigenvalue weighted by Gasteiger charge is 2.09. The van der Waals surface area contributed by atoms with E-state index in [1.165, 1.54) is 0 Å². The maximum Gasteiger partial charge on any atom is 0.133 e. The first kappa shape index (κ1) is 13.7. The molecule has 2 rings (SSSR count). The van der Waals surface area contributed by atoms with Crippen molar-refractivity contribution in [3.63, 3.8) is 0 Å². The first-order valence-electron chi connectivity index (χ1n) is 5.39. The number of rotatable bonds is 3. The Morgan fingerprint density at radius 2 is 1.94 bits per heavy atom. The highest BCUT2D eigenvalue weighted by atomic mass is 79.9. The maximum atomic E-state index is 6.09. The average Bonchev–Trinajstić information content (AvgIpc) is 2.33. The summed E-state index contributed by atoms with van der Waals surface area (Å²) in [6.45, 7) is 1.99. The van der Waals surface area contributed by atoms with Gasteiger partial charge in [-0.2, -0.15) is 0 Å². The van der Waals surface area contributed by atoms with Gasteiger partial charge >= 0.3 is 0 Å². The van der Waals surface area contributed by atoms with Gasteiger partial charge in [0, 0.05) is 15.1 Å². The molecule has 0 saturated carbocycles. The fourth-order valence-electron chi connectivity index (χ4n) is 1.61. The molecular formula is C14H11BrCl2O. The van der Waals surface area contributed by atoms with Crippen LogP contribution in [0.15, 0.2) is 40.9 Å². The van der Waals surface area contributed by atoms with Gasteiger partial charge in [-0.25, -0.2) is 0 Å². The number of hydrogen-bond acceptors (Lipinski definition) is 1. The standard InChI is InChI=1S/C14H11BrCl2O/c1-9-7-10(15)5-6-13(9)18-14-4-2-3-12(17)11(14)8-16/h2-7H,8H2,1H3. The van der Waals surface area contributed by atoms with Crippen molar-refractivity contribution in [3.8, 4) is 11.5 Å². The van der Waals surface area contributed by atoms with E-state index in [1.807, 2.05) is 37.3 Å². The van der Waals surface area contributed by atoms with Crippen molar-refractivity contribution in [2.24, 2.45) is 0 Å². The molecule has 0 heterocycles. The Bertz CT molecular complexity index is 570. The van der Waals surface area contributed by atoms with Crippen LogP contribution < -0.4 is 4.74 Å². The number of alkyl halides is 1. The second kappa shape index (κ2) is 5.96. The molecule has 0 atom stereocenters. The normalized spacial score (nSPS) is 10.4. The number of ether oxygens (including phenoxy) is 1. The average molecular weight is 346 g/mol. The summed E-state index contributed by atoms with van der Waals surface area (Å²) in [4.78, 5) is 0. The van der Waals surface area contributed by atoms with Crippen LogP contribution in [0.4, 0.5) is 0 Å². The predicted octanol–water partition coefficient (Wildman–Crippen LogP) is 5.94. The van der Waals surface area contributed by atoms with Gasteiger partial charge in [-0.15, -0.1) is 11.6 Å². The zero-order valence-electron chi connectivity index (χ0n) is 9.71. The van der Waals surface area contributed by atoms with Gasteiger partial charge in [0.05, 0.1) is 5.88 Å². The Hall–Kier alpha value is -0.700. The minimum atomic E-state index is 0.324. The molecule has 0 fully saturated rings. The molecule has 18 heavy (non-hydrogen) atoms. The van der Waals surface area contributed by atoms with Gasteiger partial charge in [0.2, 0.25) is 0 Å². The summed E-state index contributed by atoms with van der Waals surface area (Å²) in [5.74, 6) is 1.82.